The first-order valence-corrected chi connectivity index (χ1v) is 3.93. The van der Waals surface area contributed by atoms with E-state index in [2.05, 4.69) is 14.9 Å². The zero-order chi connectivity index (χ0) is 9.26. The van der Waals surface area contributed by atoms with Gasteiger partial charge in [-0.2, -0.15) is 0 Å². The molecular weight excluding hydrogens is 295 g/mol. The van der Waals surface area contributed by atoms with Gasteiger partial charge in [-0.25, -0.2) is 4.63 Å². The van der Waals surface area contributed by atoms with Crippen LogP contribution in [0.5, 0.6) is 0 Å². The van der Waals surface area contributed by atoms with Crippen molar-refractivity contribution in [3.8, 4) is 0 Å². The van der Waals surface area contributed by atoms with Crippen LogP contribution in [-0.2, 0) is 0 Å². The van der Waals surface area contributed by atoms with Crippen molar-refractivity contribution in [1.82, 2.24) is 15.2 Å². The summed E-state index contributed by atoms with van der Waals surface area (Å²) in [6.07, 6.45) is 5.87. The van der Waals surface area contributed by atoms with E-state index in [4.69, 9.17) is 5.73 Å². The molecule has 0 radical (unpaired) electrons. The molecule has 2 rings (SSSR count). The Balaban J connectivity index is 0.000000980. The number of nitrogen functional groups attached to an aromatic ring is 1. The van der Waals surface area contributed by atoms with Gasteiger partial charge in [-0.15, -0.1) is 24.0 Å². The average Bonchev–Trinajstić information content (AvgIpc) is 2.51. The minimum absolute atomic E-state index is 0. The van der Waals surface area contributed by atoms with E-state index in [-0.39, 0.29) is 24.0 Å². The van der Waals surface area contributed by atoms with E-state index in [0.29, 0.717) is 11.5 Å². The summed E-state index contributed by atoms with van der Waals surface area (Å²) in [5.74, 6) is 0.343. The summed E-state index contributed by atoms with van der Waals surface area (Å²) >= 11 is 0. The maximum Gasteiger partial charge on any atom is 0.196 e. The number of rotatable bonds is 1. The Kier molecular flexibility index (Phi) is 3.50. The van der Waals surface area contributed by atoms with Crippen molar-refractivity contribution in [1.29, 1.82) is 0 Å². The Bertz CT molecular complexity index is 371. The SMILES string of the molecule is CN1C=CC=C(c2nonc2N)C1.I. The lowest BCUT2D eigenvalue weighted by atomic mass is 10.1. The molecule has 0 aliphatic carbocycles. The van der Waals surface area contributed by atoms with Gasteiger partial charge in [-0.1, -0.05) is 6.08 Å². The molecule has 0 aromatic carbocycles. The van der Waals surface area contributed by atoms with E-state index < -0.39 is 0 Å². The zero-order valence-electron chi connectivity index (χ0n) is 7.67. The van der Waals surface area contributed by atoms with Gasteiger partial charge in [0.25, 0.3) is 0 Å². The molecule has 14 heavy (non-hydrogen) atoms. The number of likely N-dealkylation sites (N-methyl/N-ethyl adjacent to an activating group) is 1. The second kappa shape index (κ2) is 4.45. The van der Waals surface area contributed by atoms with Gasteiger partial charge in [0.1, 0.15) is 0 Å². The lowest BCUT2D eigenvalue weighted by molar-refractivity contribution is 0.307. The quantitative estimate of drug-likeness (QED) is 0.787. The highest BCUT2D eigenvalue weighted by Gasteiger charge is 2.13. The molecule has 0 fully saturated rings. The van der Waals surface area contributed by atoms with Crippen LogP contribution in [0, 0.1) is 0 Å². The van der Waals surface area contributed by atoms with Gasteiger partial charge >= 0.3 is 0 Å². The van der Waals surface area contributed by atoms with Crippen molar-refractivity contribution in [3.05, 3.63) is 24.0 Å². The minimum atomic E-state index is 0. The lowest BCUT2D eigenvalue weighted by Gasteiger charge is -2.17. The highest BCUT2D eigenvalue weighted by molar-refractivity contribution is 14.0. The number of aromatic nitrogens is 2. The molecule has 76 valence electrons. The van der Waals surface area contributed by atoms with E-state index in [1.807, 2.05) is 30.3 Å². The van der Waals surface area contributed by atoms with Crippen molar-refractivity contribution in [3.63, 3.8) is 0 Å². The van der Waals surface area contributed by atoms with Crippen LogP contribution >= 0.6 is 24.0 Å². The third-order valence-electron chi connectivity index (χ3n) is 1.88. The maximum atomic E-state index is 5.57. The Morgan fingerprint density at radius 3 is 2.86 bits per heavy atom. The van der Waals surface area contributed by atoms with E-state index in [1.165, 1.54) is 0 Å². The van der Waals surface area contributed by atoms with E-state index in [0.717, 1.165) is 12.1 Å². The fourth-order valence-corrected chi connectivity index (χ4v) is 1.25. The average molecular weight is 306 g/mol. The summed E-state index contributed by atoms with van der Waals surface area (Å²) in [7, 11) is 1.98. The number of nitrogens with two attached hydrogens (primary N) is 1. The number of hydrogen-bond donors (Lipinski definition) is 1. The predicted octanol–water partition coefficient (Wildman–Crippen LogP) is 1.11. The molecule has 1 aromatic heterocycles. The van der Waals surface area contributed by atoms with Gasteiger partial charge in [-0.05, 0) is 22.6 Å². The minimum Gasteiger partial charge on any atom is -0.379 e. The molecule has 6 heteroatoms. The molecule has 0 atom stereocenters. The van der Waals surface area contributed by atoms with Crippen LogP contribution in [0.1, 0.15) is 5.69 Å². The van der Waals surface area contributed by atoms with Crippen LogP contribution in [-0.4, -0.2) is 28.8 Å². The van der Waals surface area contributed by atoms with E-state index in [1.54, 1.807) is 0 Å². The highest BCUT2D eigenvalue weighted by atomic mass is 127. The molecule has 0 unspecified atom stereocenters. The molecular formula is C8H11IN4O. The Hall–Kier alpha value is -1.05. The molecule has 2 N–H and O–H groups in total. The summed E-state index contributed by atoms with van der Waals surface area (Å²) in [6, 6.07) is 0. The summed E-state index contributed by atoms with van der Waals surface area (Å²) in [6.45, 7) is 0.773. The van der Waals surface area contributed by atoms with Crippen LogP contribution < -0.4 is 5.73 Å². The molecule has 0 spiro atoms. The van der Waals surface area contributed by atoms with Crippen molar-refractivity contribution < 1.29 is 4.63 Å². The van der Waals surface area contributed by atoms with Crippen LogP contribution in [0.4, 0.5) is 5.82 Å². The van der Waals surface area contributed by atoms with Gasteiger partial charge < -0.3 is 10.6 Å². The first-order chi connectivity index (χ1) is 6.27. The molecule has 0 saturated carbocycles. The highest BCUT2D eigenvalue weighted by Crippen LogP contribution is 2.20. The third-order valence-corrected chi connectivity index (χ3v) is 1.88. The Labute approximate surface area is 98.6 Å². The van der Waals surface area contributed by atoms with E-state index in [9.17, 15) is 0 Å². The second-order valence-electron chi connectivity index (χ2n) is 2.95. The summed E-state index contributed by atoms with van der Waals surface area (Å²) in [5, 5.41) is 7.26. The molecule has 5 nitrogen and oxygen atoms in total. The summed E-state index contributed by atoms with van der Waals surface area (Å²) in [5.41, 5.74) is 7.22. The Morgan fingerprint density at radius 1 is 1.50 bits per heavy atom. The number of hydrogen-bond acceptors (Lipinski definition) is 5. The first-order valence-electron chi connectivity index (χ1n) is 3.93. The first kappa shape index (κ1) is 11.0. The molecule has 2 heterocycles. The standard InChI is InChI=1S/C8H10N4O.HI/c1-12-4-2-3-6(5-12)7-8(9)11-13-10-7;/h2-4H,5H2,1H3,(H2,9,11);1H. The second-order valence-corrected chi connectivity index (χ2v) is 2.95. The van der Waals surface area contributed by atoms with Gasteiger partial charge in [0.2, 0.25) is 0 Å². The maximum absolute atomic E-state index is 5.57. The number of nitrogens with zero attached hydrogens (tertiary/aromatic N) is 3. The van der Waals surface area contributed by atoms with Crippen LogP contribution in [0.3, 0.4) is 0 Å². The van der Waals surface area contributed by atoms with Crippen molar-refractivity contribution in [2.75, 3.05) is 19.3 Å². The fraction of sp³-hybridized carbons (Fsp3) is 0.250. The fourth-order valence-electron chi connectivity index (χ4n) is 1.25. The van der Waals surface area contributed by atoms with Gasteiger partial charge in [0.15, 0.2) is 11.5 Å². The van der Waals surface area contributed by atoms with Gasteiger partial charge in [0.05, 0.1) is 0 Å². The number of anilines is 1. The topological polar surface area (TPSA) is 68.2 Å². The molecule has 1 aromatic rings. The normalized spacial score (nSPS) is 14.9. The van der Waals surface area contributed by atoms with Crippen molar-refractivity contribution in [2.45, 2.75) is 0 Å². The zero-order valence-corrected chi connectivity index (χ0v) is 10.0. The van der Waals surface area contributed by atoms with Crippen molar-refractivity contribution in [2.24, 2.45) is 0 Å². The smallest absolute Gasteiger partial charge is 0.196 e. The van der Waals surface area contributed by atoms with Crippen LogP contribution in [0.25, 0.3) is 5.57 Å². The molecule has 1 aliphatic heterocycles. The van der Waals surface area contributed by atoms with Crippen LogP contribution in [0.15, 0.2) is 23.0 Å². The summed E-state index contributed by atoms with van der Waals surface area (Å²) in [4.78, 5) is 2.03. The Morgan fingerprint density at radius 2 is 2.29 bits per heavy atom. The molecule has 0 saturated heterocycles. The van der Waals surface area contributed by atoms with Gasteiger partial charge in [0, 0.05) is 19.2 Å². The van der Waals surface area contributed by atoms with Crippen LogP contribution in [0.2, 0.25) is 0 Å². The predicted molar refractivity (Wildman–Crippen MR) is 63.9 cm³/mol. The molecule has 0 amide bonds. The molecule has 0 bridgehead atoms. The monoisotopic (exact) mass is 306 g/mol. The number of halogens is 1. The lowest BCUT2D eigenvalue weighted by Crippen LogP contribution is -2.16. The summed E-state index contributed by atoms with van der Waals surface area (Å²) < 4.78 is 4.53. The number of allylic oxidation sites excluding steroid dienone is 2. The third kappa shape index (κ3) is 2.06. The van der Waals surface area contributed by atoms with E-state index >= 15 is 0 Å². The largest absolute Gasteiger partial charge is 0.379 e. The van der Waals surface area contributed by atoms with Crippen molar-refractivity contribution >= 4 is 35.4 Å². The molecule has 1 aliphatic rings. The van der Waals surface area contributed by atoms with Gasteiger partial charge in [-0.3, -0.25) is 0 Å².